The molecule has 0 bridgehead atoms. The van der Waals surface area contributed by atoms with Crippen molar-refractivity contribution in [2.75, 3.05) is 12.3 Å². The fourth-order valence-corrected chi connectivity index (χ4v) is 2.48. The second-order valence-electron chi connectivity index (χ2n) is 3.69. The van der Waals surface area contributed by atoms with Crippen LogP contribution < -0.4 is 11.1 Å². The maximum absolute atomic E-state index is 13.7. The molecule has 1 unspecified atom stereocenters. The second-order valence-corrected chi connectivity index (χ2v) is 4.68. The van der Waals surface area contributed by atoms with Crippen molar-refractivity contribution in [3.63, 3.8) is 0 Å². The number of rotatable bonds is 6. The van der Waals surface area contributed by atoms with E-state index < -0.39 is 5.91 Å². The van der Waals surface area contributed by atoms with Crippen molar-refractivity contribution in [2.45, 2.75) is 24.8 Å². The van der Waals surface area contributed by atoms with Gasteiger partial charge in [-0.05, 0) is 25.1 Å². The quantitative estimate of drug-likeness (QED) is 0.766. The summed E-state index contributed by atoms with van der Waals surface area (Å²) < 4.78 is 13.7. The molecule has 0 aliphatic rings. The molecule has 1 amide bonds. The van der Waals surface area contributed by atoms with Crippen LogP contribution in [0.1, 0.15) is 25.5 Å². The monoisotopic (exact) mass is 256 g/mol. The van der Waals surface area contributed by atoms with Crippen LogP contribution in [0.25, 0.3) is 0 Å². The summed E-state index contributed by atoms with van der Waals surface area (Å²) in [6.07, 6.45) is 0. The molecule has 94 valence electrons. The number of halogens is 1. The van der Waals surface area contributed by atoms with Crippen molar-refractivity contribution in [2.24, 2.45) is 5.73 Å². The van der Waals surface area contributed by atoms with Crippen LogP contribution in [0.15, 0.2) is 23.1 Å². The first-order valence-corrected chi connectivity index (χ1v) is 6.47. The van der Waals surface area contributed by atoms with Crippen molar-refractivity contribution in [1.29, 1.82) is 0 Å². The first-order chi connectivity index (χ1) is 8.06. The molecule has 1 atom stereocenters. The van der Waals surface area contributed by atoms with Crippen LogP contribution in [-0.4, -0.2) is 18.2 Å². The van der Waals surface area contributed by atoms with Gasteiger partial charge in [0.1, 0.15) is 5.82 Å². The van der Waals surface area contributed by atoms with E-state index in [2.05, 4.69) is 5.32 Å². The van der Waals surface area contributed by atoms with Crippen LogP contribution in [0, 0.1) is 5.82 Å². The molecule has 0 saturated heterocycles. The number of benzene rings is 1. The lowest BCUT2D eigenvalue weighted by Crippen LogP contribution is -2.19. The van der Waals surface area contributed by atoms with Gasteiger partial charge in [0.05, 0.1) is 5.75 Å². The Labute approximate surface area is 105 Å². The molecule has 5 heteroatoms. The van der Waals surface area contributed by atoms with Gasteiger partial charge in [-0.25, -0.2) is 4.39 Å². The maximum atomic E-state index is 13.7. The number of thioether (sulfide) groups is 1. The van der Waals surface area contributed by atoms with Crippen molar-refractivity contribution in [3.8, 4) is 0 Å². The van der Waals surface area contributed by atoms with Gasteiger partial charge in [0.25, 0.3) is 0 Å². The first kappa shape index (κ1) is 14.0. The van der Waals surface area contributed by atoms with Crippen LogP contribution in [0.4, 0.5) is 4.39 Å². The maximum Gasteiger partial charge on any atom is 0.227 e. The molecule has 1 rings (SSSR count). The van der Waals surface area contributed by atoms with E-state index in [1.165, 1.54) is 6.07 Å². The third-order valence-electron chi connectivity index (χ3n) is 2.33. The Morgan fingerprint density at radius 3 is 2.88 bits per heavy atom. The lowest BCUT2D eigenvalue weighted by molar-refractivity contribution is -0.115. The molecule has 17 heavy (non-hydrogen) atoms. The zero-order valence-electron chi connectivity index (χ0n) is 10.00. The summed E-state index contributed by atoms with van der Waals surface area (Å²) in [5.41, 5.74) is 5.94. The van der Waals surface area contributed by atoms with Crippen LogP contribution in [0.5, 0.6) is 0 Å². The zero-order chi connectivity index (χ0) is 12.8. The number of primary amides is 1. The minimum absolute atomic E-state index is 0.0473. The van der Waals surface area contributed by atoms with Gasteiger partial charge in [-0.3, -0.25) is 4.79 Å². The molecule has 0 aliphatic heterocycles. The Hall–Kier alpha value is -1.07. The Balaban J connectivity index is 2.95. The number of carbonyl (C=O) groups is 1. The molecular formula is C12H17FN2OS. The van der Waals surface area contributed by atoms with Gasteiger partial charge in [0.15, 0.2) is 0 Å². The van der Waals surface area contributed by atoms with E-state index in [-0.39, 0.29) is 17.6 Å². The van der Waals surface area contributed by atoms with Gasteiger partial charge in [0, 0.05) is 10.9 Å². The van der Waals surface area contributed by atoms with E-state index in [1.54, 1.807) is 6.07 Å². The highest BCUT2D eigenvalue weighted by Gasteiger charge is 2.14. The third-order valence-corrected chi connectivity index (χ3v) is 3.48. The second kappa shape index (κ2) is 6.61. The minimum Gasteiger partial charge on any atom is -0.369 e. The summed E-state index contributed by atoms with van der Waals surface area (Å²) in [5, 5.41) is 3.22. The average Bonchev–Trinajstić information content (AvgIpc) is 2.27. The molecule has 0 radical (unpaired) electrons. The highest BCUT2D eigenvalue weighted by atomic mass is 32.2. The fraction of sp³-hybridized carbons (Fsp3) is 0.417. The molecule has 0 aromatic heterocycles. The van der Waals surface area contributed by atoms with E-state index in [1.807, 2.05) is 19.9 Å². The number of hydrogen-bond donors (Lipinski definition) is 2. The lowest BCUT2D eigenvalue weighted by Gasteiger charge is -2.17. The van der Waals surface area contributed by atoms with Gasteiger partial charge < -0.3 is 11.1 Å². The molecule has 1 aromatic carbocycles. The van der Waals surface area contributed by atoms with E-state index in [4.69, 9.17) is 5.73 Å². The minimum atomic E-state index is -0.444. The highest BCUT2D eigenvalue weighted by molar-refractivity contribution is 8.00. The largest absolute Gasteiger partial charge is 0.369 e. The predicted molar refractivity (Wildman–Crippen MR) is 68.4 cm³/mol. The van der Waals surface area contributed by atoms with Gasteiger partial charge in [-0.2, -0.15) is 0 Å². The Morgan fingerprint density at radius 2 is 2.29 bits per heavy atom. The number of amides is 1. The normalized spacial score (nSPS) is 12.4. The molecule has 3 nitrogen and oxygen atoms in total. The third kappa shape index (κ3) is 4.02. The average molecular weight is 256 g/mol. The predicted octanol–water partition coefficient (Wildman–Crippen LogP) is 2.07. The summed E-state index contributed by atoms with van der Waals surface area (Å²) in [4.78, 5) is 11.3. The van der Waals surface area contributed by atoms with Crippen LogP contribution in [-0.2, 0) is 4.79 Å². The molecule has 0 fully saturated rings. The van der Waals surface area contributed by atoms with Gasteiger partial charge in [-0.1, -0.05) is 19.1 Å². The molecule has 0 spiro atoms. The van der Waals surface area contributed by atoms with Crippen molar-refractivity contribution >= 4 is 17.7 Å². The van der Waals surface area contributed by atoms with Crippen LogP contribution in [0.2, 0.25) is 0 Å². The van der Waals surface area contributed by atoms with E-state index in [9.17, 15) is 9.18 Å². The van der Waals surface area contributed by atoms with Crippen molar-refractivity contribution in [3.05, 3.63) is 29.6 Å². The Morgan fingerprint density at radius 1 is 1.59 bits per heavy atom. The van der Waals surface area contributed by atoms with E-state index >= 15 is 0 Å². The smallest absolute Gasteiger partial charge is 0.227 e. The summed E-state index contributed by atoms with van der Waals surface area (Å²) in [6, 6.07) is 4.98. The Kier molecular flexibility index (Phi) is 5.44. The molecule has 1 aromatic rings. The topological polar surface area (TPSA) is 55.1 Å². The van der Waals surface area contributed by atoms with E-state index in [0.717, 1.165) is 23.9 Å². The molecular weight excluding hydrogens is 239 g/mol. The molecule has 0 aliphatic carbocycles. The summed E-state index contributed by atoms with van der Waals surface area (Å²) in [7, 11) is 0. The number of nitrogens with two attached hydrogens (primary N) is 1. The Bertz CT molecular complexity index is 398. The molecule has 3 N–H and O–H groups in total. The van der Waals surface area contributed by atoms with Crippen molar-refractivity contribution < 1.29 is 9.18 Å². The van der Waals surface area contributed by atoms with Gasteiger partial charge in [-0.15, -0.1) is 11.8 Å². The molecule has 0 saturated carbocycles. The van der Waals surface area contributed by atoms with Gasteiger partial charge >= 0.3 is 0 Å². The SMILES string of the molecule is CCNC(C)c1cccc(F)c1SCC(N)=O. The first-order valence-electron chi connectivity index (χ1n) is 5.49. The van der Waals surface area contributed by atoms with E-state index in [0.29, 0.717) is 4.90 Å². The van der Waals surface area contributed by atoms with Crippen LogP contribution >= 0.6 is 11.8 Å². The standard InChI is InChI=1S/C12H17FN2OS/c1-3-15-8(2)9-5-4-6-10(13)12(9)17-7-11(14)16/h4-6,8,15H,3,7H2,1-2H3,(H2,14,16). The number of carbonyl (C=O) groups excluding carboxylic acids is 1. The summed E-state index contributed by atoms with van der Waals surface area (Å²) in [5.74, 6) is -0.661. The molecule has 0 heterocycles. The number of nitrogens with one attached hydrogen (secondary N) is 1. The van der Waals surface area contributed by atoms with Crippen LogP contribution in [0.3, 0.4) is 0 Å². The highest BCUT2D eigenvalue weighted by Crippen LogP contribution is 2.29. The summed E-state index contributed by atoms with van der Waals surface area (Å²) in [6.45, 7) is 4.76. The fourth-order valence-electron chi connectivity index (χ4n) is 1.58. The van der Waals surface area contributed by atoms with Crippen molar-refractivity contribution in [1.82, 2.24) is 5.32 Å². The summed E-state index contributed by atoms with van der Waals surface area (Å²) >= 11 is 1.15. The number of hydrogen-bond acceptors (Lipinski definition) is 3. The zero-order valence-corrected chi connectivity index (χ0v) is 10.8. The lowest BCUT2D eigenvalue weighted by atomic mass is 10.1. The van der Waals surface area contributed by atoms with Gasteiger partial charge in [0.2, 0.25) is 5.91 Å².